The lowest BCUT2D eigenvalue weighted by Crippen LogP contribution is -2.31. The van der Waals surface area contributed by atoms with Crippen molar-refractivity contribution in [2.45, 2.75) is 19.4 Å². The molecule has 17 heavy (non-hydrogen) atoms. The molecule has 2 unspecified atom stereocenters. The first-order chi connectivity index (χ1) is 8.11. The number of amides is 1. The molecule has 1 saturated heterocycles. The van der Waals surface area contributed by atoms with Crippen molar-refractivity contribution < 1.29 is 14.7 Å². The first-order valence-corrected chi connectivity index (χ1v) is 5.66. The molecule has 0 radical (unpaired) electrons. The minimum atomic E-state index is -0.831. The zero-order chi connectivity index (χ0) is 12.4. The number of nitrogens with zero attached hydrogens (tertiary/aromatic N) is 1. The second-order valence-electron chi connectivity index (χ2n) is 4.30. The van der Waals surface area contributed by atoms with Crippen molar-refractivity contribution in [2.75, 3.05) is 6.54 Å². The van der Waals surface area contributed by atoms with Gasteiger partial charge in [0.05, 0.1) is 12.0 Å². The molecule has 4 heteroatoms. The Balaban J connectivity index is 2.36. The number of carbonyl (C=O) groups is 2. The van der Waals surface area contributed by atoms with E-state index in [4.69, 9.17) is 0 Å². The van der Waals surface area contributed by atoms with Gasteiger partial charge in [0.2, 0.25) is 5.91 Å². The Morgan fingerprint density at radius 2 is 1.94 bits per heavy atom. The van der Waals surface area contributed by atoms with Crippen LogP contribution in [0.5, 0.6) is 0 Å². The van der Waals surface area contributed by atoms with Crippen molar-refractivity contribution >= 4 is 11.9 Å². The van der Waals surface area contributed by atoms with E-state index < -0.39 is 11.9 Å². The van der Waals surface area contributed by atoms with Crippen molar-refractivity contribution in [2.24, 2.45) is 5.92 Å². The summed E-state index contributed by atoms with van der Waals surface area (Å²) in [4.78, 5) is 24.4. The Hall–Kier alpha value is -1.84. The topological polar surface area (TPSA) is 57.6 Å². The molecule has 0 aromatic heterocycles. The maximum absolute atomic E-state index is 11.5. The number of benzene rings is 1. The fourth-order valence-electron chi connectivity index (χ4n) is 2.47. The van der Waals surface area contributed by atoms with Crippen LogP contribution in [-0.2, 0) is 9.59 Å². The second kappa shape index (κ2) is 4.57. The molecule has 0 aliphatic carbocycles. The fraction of sp³-hybridized carbons (Fsp3) is 0.385. The summed E-state index contributed by atoms with van der Waals surface area (Å²) in [6.45, 7) is 2.01. The van der Waals surface area contributed by atoms with Crippen LogP contribution >= 0.6 is 0 Å². The third-order valence-corrected chi connectivity index (χ3v) is 3.26. The molecular weight excluding hydrogens is 218 g/mol. The number of rotatable bonds is 2. The van der Waals surface area contributed by atoms with E-state index in [1.807, 2.05) is 30.3 Å². The summed E-state index contributed by atoms with van der Waals surface area (Å²) in [6, 6.07) is 9.04. The molecule has 1 amide bonds. The maximum atomic E-state index is 11.5. The van der Waals surface area contributed by atoms with Crippen LogP contribution < -0.4 is 0 Å². The Kier molecular flexibility index (Phi) is 3.13. The van der Waals surface area contributed by atoms with Crippen LogP contribution in [0.1, 0.15) is 24.9 Å². The number of hydrogen-bond donors (Lipinski definition) is 1. The predicted molar refractivity (Wildman–Crippen MR) is 62.3 cm³/mol. The van der Waals surface area contributed by atoms with Crippen LogP contribution in [0.4, 0.5) is 0 Å². The zero-order valence-electron chi connectivity index (χ0n) is 9.67. The van der Waals surface area contributed by atoms with Gasteiger partial charge in [-0.25, -0.2) is 0 Å². The summed E-state index contributed by atoms with van der Waals surface area (Å²) in [6.07, 6.45) is 0.522. The van der Waals surface area contributed by atoms with Gasteiger partial charge in [0.1, 0.15) is 0 Å². The molecule has 1 aliphatic rings. The molecule has 90 valence electrons. The predicted octanol–water partition coefficient (Wildman–Crippen LogP) is 1.68. The molecule has 1 aliphatic heterocycles. The number of carboxylic acids is 1. The highest BCUT2D eigenvalue weighted by Crippen LogP contribution is 2.37. The van der Waals surface area contributed by atoms with Crippen LogP contribution in [0.2, 0.25) is 0 Å². The Bertz CT molecular complexity index is 408. The van der Waals surface area contributed by atoms with Crippen molar-refractivity contribution in [3.05, 3.63) is 35.9 Å². The quantitative estimate of drug-likeness (QED) is 0.845. The van der Waals surface area contributed by atoms with Gasteiger partial charge in [-0.2, -0.15) is 0 Å². The van der Waals surface area contributed by atoms with Crippen LogP contribution in [-0.4, -0.2) is 28.4 Å². The summed E-state index contributed by atoms with van der Waals surface area (Å²) >= 11 is 0. The summed E-state index contributed by atoms with van der Waals surface area (Å²) in [5, 5.41) is 9.21. The molecular formula is C13H15NO3. The molecule has 2 atom stereocenters. The minimum Gasteiger partial charge on any atom is -0.481 e. The van der Waals surface area contributed by atoms with Gasteiger partial charge in [0.25, 0.3) is 0 Å². The SMILES string of the molecule is CC(=O)N1CCC(C(=O)O)C1c1ccccc1. The van der Waals surface area contributed by atoms with Gasteiger partial charge in [-0.3, -0.25) is 9.59 Å². The molecule has 4 nitrogen and oxygen atoms in total. The monoisotopic (exact) mass is 233 g/mol. The van der Waals surface area contributed by atoms with Gasteiger partial charge in [-0.15, -0.1) is 0 Å². The Labute approximate surface area is 99.9 Å². The number of hydrogen-bond acceptors (Lipinski definition) is 2. The van der Waals surface area contributed by atoms with Gasteiger partial charge < -0.3 is 10.0 Å². The van der Waals surface area contributed by atoms with Crippen LogP contribution in [0.3, 0.4) is 0 Å². The molecule has 1 N–H and O–H groups in total. The van der Waals surface area contributed by atoms with Gasteiger partial charge in [-0.05, 0) is 12.0 Å². The average Bonchev–Trinajstić information content (AvgIpc) is 2.74. The van der Waals surface area contributed by atoms with Crippen molar-refractivity contribution in [1.29, 1.82) is 0 Å². The molecule has 1 fully saturated rings. The largest absolute Gasteiger partial charge is 0.481 e. The van der Waals surface area contributed by atoms with E-state index >= 15 is 0 Å². The zero-order valence-corrected chi connectivity index (χ0v) is 9.67. The smallest absolute Gasteiger partial charge is 0.309 e. The van der Waals surface area contributed by atoms with Gasteiger partial charge in [-0.1, -0.05) is 30.3 Å². The standard InChI is InChI=1S/C13H15NO3/c1-9(15)14-8-7-11(13(16)17)12(14)10-5-3-2-4-6-10/h2-6,11-12H,7-8H2,1H3,(H,16,17). The van der Waals surface area contributed by atoms with Crippen LogP contribution in [0.25, 0.3) is 0 Å². The van der Waals surface area contributed by atoms with Crippen LogP contribution in [0, 0.1) is 5.92 Å². The highest BCUT2D eigenvalue weighted by Gasteiger charge is 2.40. The average molecular weight is 233 g/mol. The highest BCUT2D eigenvalue weighted by molar-refractivity contribution is 5.78. The van der Waals surface area contributed by atoms with Crippen molar-refractivity contribution in [3.8, 4) is 0 Å². The van der Waals surface area contributed by atoms with E-state index in [1.165, 1.54) is 6.92 Å². The molecule has 0 bridgehead atoms. The van der Waals surface area contributed by atoms with Crippen molar-refractivity contribution in [3.63, 3.8) is 0 Å². The molecule has 2 rings (SSSR count). The maximum Gasteiger partial charge on any atom is 0.309 e. The number of aliphatic carboxylic acids is 1. The molecule has 1 aromatic rings. The first-order valence-electron chi connectivity index (χ1n) is 5.66. The third kappa shape index (κ3) is 2.16. The lowest BCUT2D eigenvalue weighted by Gasteiger charge is -2.26. The minimum absolute atomic E-state index is 0.0670. The Morgan fingerprint density at radius 3 is 2.47 bits per heavy atom. The van der Waals surface area contributed by atoms with Gasteiger partial charge in [0.15, 0.2) is 0 Å². The summed E-state index contributed by atoms with van der Waals surface area (Å²) < 4.78 is 0. The van der Waals surface area contributed by atoms with E-state index in [9.17, 15) is 14.7 Å². The highest BCUT2D eigenvalue weighted by atomic mass is 16.4. The van der Waals surface area contributed by atoms with E-state index in [0.29, 0.717) is 13.0 Å². The number of carbonyl (C=O) groups excluding carboxylic acids is 1. The van der Waals surface area contributed by atoms with E-state index in [1.54, 1.807) is 4.90 Å². The van der Waals surface area contributed by atoms with E-state index in [2.05, 4.69) is 0 Å². The molecule has 0 saturated carbocycles. The number of likely N-dealkylation sites (tertiary alicyclic amines) is 1. The molecule has 1 aromatic carbocycles. The fourth-order valence-corrected chi connectivity index (χ4v) is 2.47. The first kappa shape index (κ1) is 11.6. The lowest BCUT2D eigenvalue weighted by atomic mass is 9.94. The third-order valence-electron chi connectivity index (χ3n) is 3.26. The van der Waals surface area contributed by atoms with E-state index in [0.717, 1.165) is 5.56 Å². The number of carboxylic acid groups (broad SMARTS) is 1. The second-order valence-corrected chi connectivity index (χ2v) is 4.30. The Morgan fingerprint density at radius 1 is 1.29 bits per heavy atom. The van der Waals surface area contributed by atoms with Crippen LogP contribution in [0.15, 0.2) is 30.3 Å². The normalized spacial score (nSPS) is 23.7. The molecule has 0 spiro atoms. The van der Waals surface area contributed by atoms with Gasteiger partial charge >= 0.3 is 5.97 Å². The lowest BCUT2D eigenvalue weighted by molar-refractivity contribution is -0.143. The van der Waals surface area contributed by atoms with E-state index in [-0.39, 0.29) is 11.9 Å². The summed E-state index contributed by atoms with van der Waals surface area (Å²) in [7, 11) is 0. The molecule has 1 heterocycles. The summed E-state index contributed by atoms with van der Waals surface area (Å²) in [5.41, 5.74) is 0.896. The van der Waals surface area contributed by atoms with Gasteiger partial charge in [0, 0.05) is 13.5 Å². The summed E-state index contributed by atoms with van der Waals surface area (Å²) in [5.74, 6) is -1.40. The van der Waals surface area contributed by atoms with Crippen molar-refractivity contribution in [1.82, 2.24) is 4.90 Å².